The molecular formula is C19H21IN2O. The zero-order chi connectivity index (χ0) is 16.1. The first kappa shape index (κ1) is 16.3. The molecule has 0 aromatic heterocycles. The van der Waals surface area contributed by atoms with E-state index in [1.54, 1.807) is 0 Å². The van der Waals surface area contributed by atoms with Crippen LogP contribution in [0.4, 0.5) is 5.69 Å². The number of carbonyl (C=O) groups excluding carboxylic acids is 1. The summed E-state index contributed by atoms with van der Waals surface area (Å²) in [4.78, 5) is 14.5. The number of fused-ring (bicyclic) bond motifs is 1. The van der Waals surface area contributed by atoms with Crippen LogP contribution in [0.1, 0.15) is 28.8 Å². The van der Waals surface area contributed by atoms with Crippen LogP contribution in [0.25, 0.3) is 0 Å². The van der Waals surface area contributed by atoms with Gasteiger partial charge < -0.3 is 10.2 Å². The van der Waals surface area contributed by atoms with Crippen LogP contribution in [0.15, 0.2) is 48.5 Å². The van der Waals surface area contributed by atoms with Crippen molar-refractivity contribution in [2.75, 3.05) is 24.5 Å². The summed E-state index contributed by atoms with van der Waals surface area (Å²) >= 11 is 2.24. The largest absolute Gasteiger partial charge is 0.371 e. The van der Waals surface area contributed by atoms with Gasteiger partial charge in [-0.25, -0.2) is 0 Å². The minimum atomic E-state index is 0.0143. The Morgan fingerprint density at radius 3 is 2.74 bits per heavy atom. The molecule has 1 amide bonds. The molecule has 4 heteroatoms. The number of benzene rings is 2. The predicted molar refractivity (Wildman–Crippen MR) is 103 cm³/mol. The van der Waals surface area contributed by atoms with Crippen LogP contribution in [-0.2, 0) is 6.42 Å². The summed E-state index contributed by atoms with van der Waals surface area (Å²) in [7, 11) is 0. The molecule has 0 atom stereocenters. The van der Waals surface area contributed by atoms with Crippen molar-refractivity contribution >= 4 is 34.2 Å². The highest BCUT2D eigenvalue weighted by atomic mass is 127. The molecule has 1 aliphatic heterocycles. The maximum Gasteiger partial charge on any atom is 0.251 e. The molecule has 0 fully saturated rings. The van der Waals surface area contributed by atoms with Crippen molar-refractivity contribution < 1.29 is 4.79 Å². The highest BCUT2D eigenvalue weighted by Gasteiger charge is 2.15. The van der Waals surface area contributed by atoms with Gasteiger partial charge in [-0.05, 0) is 77.7 Å². The quantitative estimate of drug-likeness (QED) is 0.589. The summed E-state index contributed by atoms with van der Waals surface area (Å²) in [6.45, 7) is 2.82. The molecule has 0 aliphatic carbocycles. The van der Waals surface area contributed by atoms with E-state index >= 15 is 0 Å². The van der Waals surface area contributed by atoms with Crippen LogP contribution in [0.5, 0.6) is 0 Å². The molecule has 120 valence electrons. The lowest BCUT2D eigenvalue weighted by Gasteiger charge is -2.31. The molecule has 2 aromatic rings. The maximum atomic E-state index is 12.1. The van der Waals surface area contributed by atoms with Gasteiger partial charge in [0.2, 0.25) is 0 Å². The van der Waals surface area contributed by atoms with Crippen molar-refractivity contribution in [1.29, 1.82) is 0 Å². The number of para-hydroxylation sites is 1. The van der Waals surface area contributed by atoms with Gasteiger partial charge in [0, 0.05) is 34.5 Å². The Kier molecular flexibility index (Phi) is 5.54. The van der Waals surface area contributed by atoms with Gasteiger partial charge in [-0.2, -0.15) is 0 Å². The van der Waals surface area contributed by atoms with Crippen molar-refractivity contribution in [2.24, 2.45) is 0 Å². The van der Waals surface area contributed by atoms with Gasteiger partial charge in [-0.1, -0.05) is 18.2 Å². The number of hydrogen-bond donors (Lipinski definition) is 1. The van der Waals surface area contributed by atoms with Crippen LogP contribution < -0.4 is 10.2 Å². The summed E-state index contributed by atoms with van der Waals surface area (Å²) in [5.74, 6) is 0.0143. The average Bonchev–Trinajstić information content (AvgIpc) is 2.59. The Bertz CT molecular complexity index is 669. The number of amides is 1. The molecule has 0 spiro atoms. The van der Waals surface area contributed by atoms with E-state index in [2.05, 4.69) is 57.1 Å². The Hall–Kier alpha value is -1.56. The van der Waals surface area contributed by atoms with E-state index in [4.69, 9.17) is 0 Å². The first-order valence-corrected chi connectivity index (χ1v) is 9.18. The number of halogens is 1. The van der Waals surface area contributed by atoms with Gasteiger partial charge in [0.1, 0.15) is 0 Å². The lowest BCUT2D eigenvalue weighted by atomic mass is 10.0. The van der Waals surface area contributed by atoms with Crippen molar-refractivity contribution in [3.05, 3.63) is 63.2 Å². The summed E-state index contributed by atoms with van der Waals surface area (Å²) in [5.41, 5.74) is 3.54. The maximum absolute atomic E-state index is 12.1. The molecule has 1 aliphatic rings. The normalized spacial score (nSPS) is 13.5. The number of aryl methyl sites for hydroxylation is 1. The molecule has 3 nitrogen and oxygen atoms in total. The van der Waals surface area contributed by atoms with Crippen LogP contribution in [0.2, 0.25) is 0 Å². The zero-order valence-electron chi connectivity index (χ0n) is 13.1. The van der Waals surface area contributed by atoms with E-state index in [0.29, 0.717) is 6.54 Å². The standard InChI is InChI=1S/C19H21IN2O/c20-17-10-8-16(9-11-17)19(23)21-12-4-14-22-13-3-6-15-5-1-2-7-18(15)22/h1-2,5,7-11H,3-4,6,12-14H2,(H,21,23). The fraction of sp³-hybridized carbons (Fsp3) is 0.316. The van der Waals surface area contributed by atoms with Crippen molar-refractivity contribution in [2.45, 2.75) is 19.3 Å². The number of carbonyl (C=O) groups is 1. The van der Waals surface area contributed by atoms with E-state index in [0.717, 1.165) is 28.6 Å². The van der Waals surface area contributed by atoms with Crippen LogP contribution in [0.3, 0.4) is 0 Å². The molecule has 0 unspecified atom stereocenters. The molecule has 0 radical (unpaired) electrons. The SMILES string of the molecule is O=C(NCCCN1CCCc2ccccc21)c1ccc(I)cc1. The van der Waals surface area contributed by atoms with Gasteiger partial charge in [0.05, 0.1) is 0 Å². The number of anilines is 1. The molecule has 0 bridgehead atoms. The number of rotatable bonds is 5. The first-order chi connectivity index (χ1) is 11.2. The second-order valence-electron chi connectivity index (χ2n) is 5.84. The monoisotopic (exact) mass is 420 g/mol. The fourth-order valence-electron chi connectivity index (χ4n) is 3.02. The third kappa shape index (κ3) is 4.25. The van der Waals surface area contributed by atoms with Gasteiger partial charge in [0.25, 0.3) is 5.91 Å². The van der Waals surface area contributed by atoms with Crippen molar-refractivity contribution in [1.82, 2.24) is 5.32 Å². The fourth-order valence-corrected chi connectivity index (χ4v) is 3.38. The second kappa shape index (κ2) is 7.81. The van der Waals surface area contributed by atoms with E-state index in [-0.39, 0.29) is 5.91 Å². The molecule has 2 aromatic carbocycles. The number of hydrogen-bond acceptors (Lipinski definition) is 2. The van der Waals surface area contributed by atoms with Crippen LogP contribution in [-0.4, -0.2) is 25.5 Å². The van der Waals surface area contributed by atoms with Crippen molar-refractivity contribution in [3.63, 3.8) is 0 Å². The third-order valence-corrected chi connectivity index (χ3v) is 4.92. The molecule has 3 rings (SSSR count). The molecule has 0 saturated heterocycles. The topological polar surface area (TPSA) is 32.3 Å². The molecule has 1 N–H and O–H groups in total. The number of nitrogens with one attached hydrogen (secondary N) is 1. The van der Waals surface area contributed by atoms with E-state index in [9.17, 15) is 4.79 Å². The predicted octanol–water partition coefficient (Wildman–Crippen LogP) is 3.86. The van der Waals surface area contributed by atoms with Crippen LogP contribution in [0, 0.1) is 3.57 Å². The molecule has 23 heavy (non-hydrogen) atoms. The van der Waals surface area contributed by atoms with Crippen LogP contribution >= 0.6 is 22.6 Å². The Morgan fingerprint density at radius 1 is 1.13 bits per heavy atom. The number of nitrogens with zero attached hydrogens (tertiary/aromatic N) is 1. The highest BCUT2D eigenvalue weighted by molar-refractivity contribution is 14.1. The Labute approximate surface area is 151 Å². The van der Waals surface area contributed by atoms with Crippen molar-refractivity contribution in [3.8, 4) is 0 Å². The summed E-state index contributed by atoms with van der Waals surface area (Å²) in [6.07, 6.45) is 3.35. The Morgan fingerprint density at radius 2 is 1.91 bits per heavy atom. The first-order valence-electron chi connectivity index (χ1n) is 8.10. The third-order valence-electron chi connectivity index (χ3n) is 4.20. The van der Waals surface area contributed by atoms with Gasteiger partial charge >= 0.3 is 0 Å². The lowest BCUT2D eigenvalue weighted by molar-refractivity contribution is 0.0953. The van der Waals surface area contributed by atoms with E-state index in [1.165, 1.54) is 24.1 Å². The van der Waals surface area contributed by atoms with E-state index in [1.807, 2.05) is 24.3 Å². The molecule has 1 heterocycles. The summed E-state index contributed by atoms with van der Waals surface area (Å²) in [5, 5.41) is 3.01. The minimum absolute atomic E-state index is 0.0143. The van der Waals surface area contributed by atoms with E-state index < -0.39 is 0 Å². The molecular weight excluding hydrogens is 399 g/mol. The molecule has 0 saturated carbocycles. The zero-order valence-corrected chi connectivity index (χ0v) is 15.3. The average molecular weight is 420 g/mol. The summed E-state index contributed by atoms with van der Waals surface area (Å²) < 4.78 is 1.14. The highest BCUT2D eigenvalue weighted by Crippen LogP contribution is 2.26. The summed E-state index contributed by atoms with van der Waals surface area (Å²) in [6, 6.07) is 16.3. The second-order valence-corrected chi connectivity index (χ2v) is 7.08. The minimum Gasteiger partial charge on any atom is -0.371 e. The van der Waals surface area contributed by atoms with Gasteiger partial charge in [0.15, 0.2) is 0 Å². The van der Waals surface area contributed by atoms with Gasteiger partial charge in [-0.3, -0.25) is 4.79 Å². The smallest absolute Gasteiger partial charge is 0.251 e. The lowest BCUT2D eigenvalue weighted by Crippen LogP contribution is -2.33. The van der Waals surface area contributed by atoms with Gasteiger partial charge in [-0.15, -0.1) is 0 Å². The Balaban J connectivity index is 1.47.